The van der Waals surface area contributed by atoms with Crippen LogP contribution in [0.15, 0.2) is 53.7 Å². The van der Waals surface area contributed by atoms with Crippen LogP contribution < -0.4 is 0 Å². The second-order valence-electron chi connectivity index (χ2n) is 7.53. The van der Waals surface area contributed by atoms with E-state index in [4.69, 9.17) is 23.2 Å². The van der Waals surface area contributed by atoms with E-state index in [2.05, 4.69) is 22.3 Å². The number of hydrogen-bond acceptors (Lipinski definition) is 4. The molecule has 162 valence electrons. The molecule has 0 radical (unpaired) electrons. The van der Waals surface area contributed by atoms with Crippen LogP contribution >= 0.6 is 35.0 Å². The normalized spacial score (nSPS) is 13.7. The second kappa shape index (κ2) is 10.5. The topological polar surface area (TPSA) is 51.0 Å². The predicted molar refractivity (Wildman–Crippen MR) is 126 cm³/mol. The van der Waals surface area contributed by atoms with Gasteiger partial charge in [-0.15, -0.1) is 10.2 Å². The highest BCUT2D eigenvalue weighted by molar-refractivity contribution is 7.99. The van der Waals surface area contributed by atoms with E-state index in [1.54, 1.807) is 17.8 Å². The molecule has 1 aliphatic rings. The van der Waals surface area contributed by atoms with E-state index in [0.29, 0.717) is 22.9 Å². The van der Waals surface area contributed by atoms with Gasteiger partial charge in [0.15, 0.2) is 5.16 Å². The van der Waals surface area contributed by atoms with Crippen molar-refractivity contribution in [3.8, 4) is 5.69 Å². The van der Waals surface area contributed by atoms with Gasteiger partial charge in [-0.05, 0) is 43.0 Å². The predicted octanol–water partition coefficient (Wildman–Crippen LogP) is 5.66. The molecule has 1 aliphatic heterocycles. The first-order valence-corrected chi connectivity index (χ1v) is 12.2. The van der Waals surface area contributed by atoms with Crippen molar-refractivity contribution in [2.45, 2.75) is 37.3 Å². The molecule has 0 unspecified atom stereocenters. The number of likely N-dealkylation sites (tertiary alicyclic amines) is 1. The molecule has 1 aromatic heterocycles. The van der Waals surface area contributed by atoms with E-state index >= 15 is 0 Å². The maximum atomic E-state index is 12.3. The lowest BCUT2D eigenvalue weighted by molar-refractivity contribution is -0.130. The van der Waals surface area contributed by atoms with Gasteiger partial charge in [0.25, 0.3) is 0 Å². The number of carbonyl (C=O) groups excluding carboxylic acids is 1. The molecule has 0 saturated carbocycles. The lowest BCUT2D eigenvalue weighted by Gasteiger charge is -2.15. The summed E-state index contributed by atoms with van der Waals surface area (Å²) in [4.78, 5) is 14.3. The number of benzene rings is 2. The third-order valence-electron chi connectivity index (χ3n) is 5.29. The van der Waals surface area contributed by atoms with Crippen LogP contribution in [-0.2, 0) is 11.2 Å². The Morgan fingerprint density at radius 2 is 1.77 bits per heavy atom. The molecule has 8 heteroatoms. The van der Waals surface area contributed by atoms with Crippen molar-refractivity contribution in [1.82, 2.24) is 19.7 Å². The number of halogens is 2. The summed E-state index contributed by atoms with van der Waals surface area (Å²) >= 11 is 14.0. The highest BCUT2D eigenvalue weighted by Crippen LogP contribution is 2.29. The maximum Gasteiger partial charge on any atom is 0.222 e. The minimum atomic E-state index is 0.258. The van der Waals surface area contributed by atoms with Gasteiger partial charge in [0.2, 0.25) is 5.91 Å². The fourth-order valence-electron chi connectivity index (χ4n) is 3.68. The van der Waals surface area contributed by atoms with Crippen molar-refractivity contribution >= 4 is 40.9 Å². The molecule has 1 saturated heterocycles. The van der Waals surface area contributed by atoms with E-state index in [1.165, 1.54) is 0 Å². The van der Waals surface area contributed by atoms with Crippen LogP contribution in [0.4, 0.5) is 0 Å². The summed E-state index contributed by atoms with van der Waals surface area (Å²) in [6, 6.07) is 15.7. The SMILES string of the molecule is O=C(CCCSc1nnc(Cc2ccccc2)n1-c1ccc(Cl)c(Cl)c1)N1CCCC1. The van der Waals surface area contributed by atoms with Gasteiger partial charge in [-0.1, -0.05) is 65.3 Å². The zero-order chi connectivity index (χ0) is 21.6. The van der Waals surface area contributed by atoms with Crippen LogP contribution in [0.1, 0.15) is 37.1 Å². The molecule has 0 atom stereocenters. The third-order valence-corrected chi connectivity index (χ3v) is 7.05. The zero-order valence-corrected chi connectivity index (χ0v) is 19.5. The largest absolute Gasteiger partial charge is 0.343 e. The first-order chi connectivity index (χ1) is 15.1. The highest BCUT2D eigenvalue weighted by Gasteiger charge is 2.19. The quantitative estimate of drug-likeness (QED) is 0.312. The molecule has 2 heterocycles. The van der Waals surface area contributed by atoms with Gasteiger partial charge in [0.1, 0.15) is 5.82 Å². The van der Waals surface area contributed by atoms with Gasteiger partial charge < -0.3 is 4.90 Å². The third kappa shape index (κ3) is 5.62. The van der Waals surface area contributed by atoms with Gasteiger partial charge in [-0.3, -0.25) is 9.36 Å². The molecule has 0 bridgehead atoms. The van der Waals surface area contributed by atoms with Crippen molar-refractivity contribution in [3.05, 3.63) is 70.0 Å². The van der Waals surface area contributed by atoms with Crippen molar-refractivity contribution < 1.29 is 4.79 Å². The molecule has 0 spiro atoms. The Morgan fingerprint density at radius 3 is 2.52 bits per heavy atom. The van der Waals surface area contributed by atoms with Crippen molar-refractivity contribution in [1.29, 1.82) is 0 Å². The number of thioether (sulfide) groups is 1. The lowest BCUT2D eigenvalue weighted by atomic mass is 10.1. The Kier molecular flexibility index (Phi) is 7.54. The zero-order valence-electron chi connectivity index (χ0n) is 17.1. The number of carbonyl (C=O) groups is 1. The molecular weight excluding hydrogens is 451 g/mol. The molecule has 0 aliphatic carbocycles. The highest BCUT2D eigenvalue weighted by atomic mass is 35.5. The molecular formula is C23H24Cl2N4OS. The van der Waals surface area contributed by atoms with Crippen molar-refractivity contribution in [2.75, 3.05) is 18.8 Å². The second-order valence-corrected chi connectivity index (χ2v) is 9.41. The standard InChI is InChI=1S/C23H24Cl2N4OS/c24-19-11-10-18(16-20(19)25)29-21(15-17-7-2-1-3-8-17)26-27-23(29)31-14-6-9-22(30)28-12-4-5-13-28/h1-3,7-8,10-11,16H,4-6,9,12-15H2. The fraction of sp³-hybridized carbons (Fsp3) is 0.348. The molecule has 1 amide bonds. The summed E-state index contributed by atoms with van der Waals surface area (Å²) in [6.07, 6.45) is 4.28. The van der Waals surface area contributed by atoms with Crippen LogP contribution in [0.2, 0.25) is 10.0 Å². The average molecular weight is 475 g/mol. The van der Waals surface area contributed by atoms with E-state index < -0.39 is 0 Å². The summed E-state index contributed by atoms with van der Waals surface area (Å²) < 4.78 is 2.03. The van der Waals surface area contributed by atoms with Gasteiger partial charge in [-0.25, -0.2) is 0 Å². The number of amides is 1. The van der Waals surface area contributed by atoms with Gasteiger partial charge in [-0.2, -0.15) is 0 Å². The van der Waals surface area contributed by atoms with E-state index in [9.17, 15) is 4.79 Å². The Bertz CT molecular complexity index is 1040. The average Bonchev–Trinajstić information content (AvgIpc) is 3.44. The smallest absolute Gasteiger partial charge is 0.222 e. The number of nitrogens with zero attached hydrogens (tertiary/aromatic N) is 4. The van der Waals surface area contributed by atoms with Crippen LogP contribution in [0.3, 0.4) is 0 Å². The first kappa shape index (κ1) is 22.2. The van der Waals surface area contributed by atoms with Gasteiger partial charge in [0.05, 0.1) is 15.7 Å². The fourth-order valence-corrected chi connectivity index (χ4v) is 4.88. The molecule has 4 rings (SSSR count). The van der Waals surface area contributed by atoms with Crippen LogP contribution in [0.25, 0.3) is 5.69 Å². The molecule has 1 fully saturated rings. The Morgan fingerprint density at radius 1 is 1.00 bits per heavy atom. The lowest BCUT2D eigenvalue weighted by Crippen LogP contribution is -2.27. The van der Waals surface area contributed by atoms with Crippen molar-refractivity contribution in [2.24, 2.45) is 0 Å². The van der Waals surface area contributed by atoms with Crippen LogP contribution in [0.5, 0.6) is 0 Å². The number of rotatable bonds is 8. The minimum Gasteiger partial charge on any atom is -0.343 e. The summed E-state index contributed by atoms with van der Waals surface area (Å²) in [5, 5.41) is 10.7. The molecule has 2 aromatic carbocycles. The number of aromatic nitrogens is 3. The summed E-state index contributed by atoms with van der Waals surface area (Å²) in [7, 11) is 0. The Balaban J connectivity index is 1.49. The Labute approximate surface area is 196 Å². The monoisotopic (exact) mass is 474 g/mol. The molecule has 31 heavy (non-hydrogen) atoms. The minimum absolute atomic E-state index is 0.258. The van der Waals surface area contributed by atoms with Gasteiger partial charge in [0, 0.05) is 31.7 Å². The maximum absolute atomic E-state index is 12.3. The van der Waals surface area contributed by atoms with Crippen LogP contribution in [0, 0.1) is 0 Å². The van der Waals surface area contributed by atoms with E-state index in [-0.39, 0.29) is 5.91 Å². The summed E-state index contributed by atoms with van der Waals surface area (Å²) in [5.41, 5.74) is 2.03. The Hall–Kier alpha value is -2.02. The van der Waals surface area contributed by atoms with E-state index in [0.717, 1.165) is 60.3 Å². The number of hydrogen-bond donors (Lipinski definition) is 0. The molecule has 5 nitrogen and oxygen atoms in total. The summed E-state index contributed by atoms with van der Waals surface area (Å²) in [6.45, 7) is 1.81. The molecule has 0 N–H and O–H groups in total. The van der Waals surface area contributed by atoms with E-state index in [1.807, 2.05) is 39.8 Å². The summed E-state index contributed by atoms with van der Waals surface area (Å²) in [5.74, 6) is 1.89. The van der Waals surface area contributed by atoms with Crippen LogP contribution in [-0.4, -0.2) is 44.4 Å². The molecule has 3 aromatic rings. The first-order valence-electron chi connectivity index (χ1n) is 10.5. The van der Waals surface area contributed by atoms with Gasteiger partial charge >= 0.3 is 0 Å². The van der Waals surface area contributed by atoms with Crippen molar-refractivity contribution in [3.63, 3.8) is 0 Å².